The van der Waals surface area contributed by atoms with Crippen molar-refractivity contribution in [3.8, 4) is 51.4 Å². The molecule has 0 saturated carbocycles. The molecule has 0 amide bonds. The first-order chi connectivity index (χ1) is 28.6. The third-order valence-electron chi connectivity index (χ3n) is 10.8. The van der Waals surface area contributed by atoms with Gasteiger partial charge in [-0.3, -0.25) is 0 Å². The fourth-order valence-electron chi connectivity index (χ4n) is 7.98. The van der Waals surface area contributed by atoms with Crippen molar-refractivity contribution in [1.82, 2.24) is 29.5 Å². The molecule has 11 rings (SSSR count). The molecule has 0 bridgehead atoms. The molecule has 11 aromatic rings. The molecular formula is C50H34N6OS. The van der Waals surface area contributed by atoms with Gasteiger partial charge >= 0.3 is 0 Å². The van der Waals surface area contributed by atoms with E-state index in [1.54, 1.807) is 11.3 Å². The van der Waals surface area contributed by atoms with Gasteiger partial charge in [-0.1, -0.05) is 104 Å². The van der Waals surface area contributed by atoms with E-state index in [9.17, 15) is 0 Å². The molecule has 5 aromatic heterocycles. The lowest BCUT2D eigenvalue weighted by molar-refractivity contribution is 0.666. The minimum absolute atomic E-state index is 0.412. The summed E-state index contributed by atoms with van der Waals surface area (Å²) in [4.78, 5) is 27.3. The highest BCUT2D eigenvalue weighted by atomic mass is 32.1. The molecular weight excluding hydrogens is 733 g/mol. The summed E-state index contributed by atoms with van der Waals surface area (Å²) in [6.45, 7) is 4.34. The minimum Gasteiger partial charge on any atom is -0.452 e. The van der Waals surface area contributed by atoms with E-state index in [4.69, 9.17) is 29.3 Å². The van der Waals surface area contributed by atoms with Crippen LogP contribution in [0.3, 0.4) is 0 Å². The largest absolute Gasteiger partial charge is 0.452 e. The Bertz CT molecular complexity index is 3400. The van der Waals surface area contributed by atoms with Gasteiger partial charge in [-0.2, -0.15) is 0 Å². The lowest BCUT2D eigenvalue weighted by Gasteiger charge is -2.10. The van der Waals surface area contributed by atoms with Gasteiger partial charge in [0, 0.05) is 48.1 Å². The van der Waals surface area contributed by atoms with Crippen LogP contribution < -0.4 is 0 Å². The predicted octanol–water partition coefficient (Wildman–Crippen LogP) is 13.3. The van der Waals surface area contributed by atoms with Gasteiger partial charge in [0.15, 0.2) is 34.6 Å². The molecule has 0 atom stereocenters. The van der Waals surface area contributed by atoms with Crippen molar-refractivity contribution in [1.29, 1.82) is 0 Å². The number of hydrogen-bond acceptors (Lipinski definition) is 7. The van der Waals surface area contributed by atoms with Gasteiger partial charge in [-0.15, -0.1) is 11.3 Å². The molecule has 58 heavy (non-hydrogen) atoms. The monoisotopic (exact) mass is 766 g/mol. The standard InChI is InChI=1S/C50H34N6OS/c1-3-4-26-42-30(2)34-22-15-23-37(46(34)58-42)49-53-47(31-16-7-5-8-17-31)54-50(55-49)44-45-43(36-21-12-14-25-41(36)57-45)51-48(52-44)32-27-28-40-38(29-32)35-20-11-13-24-39(35)56(40)33-18-9-6-10-19-33/h4-29H,3H2,1-2H3/b26-4-. The fourth-order valence-corrected chi connectivity index (χ4v) is 9.23. The zero-order valence-corrected chi connectivity index (χ0v) is 32.5. The average Bonchev–Trinajstić information content (AvgIpc) is 3.94. The van der Waals surface area contributed by atoms with Crippen molar-refractivity contribution in [2.45, 2.75) is 20.3 Å². The summed E-state index contributed by atoms with van der Waals surface area (Å²) < 4.78 is 10.0. The smallest absolute Gasteiger partial charge is 0.186 e. The number of hydrogen-bond donors (Lipinski definition) is 0. The maximum atomic E-state index is 6.59. The molecule has 0 saturated heterocycles. The van der Waals surface area contributed by atoms with Crippen LogP contribution in [-0.4, -0.2) is 29.5 Å². The first-order valence-electron chi connectivity index (χ1n) is 19.4. The van der Waals surface area contributed by atoms with E-state index in [0.29, 0.717) is 40.1 Å². The molecule has 0 aliphatic rings. The Morgan fingerprint density at radius 1 is 0.586 bits per heavy atom. The van der Waals surface area contributed by atoms with E-state index in [0.717, 1.165) is 66.3 Å². The third kappa shape index (κ3) is 5.52. The minimum atomic E-state index is 0.412. The predicted molar refractivity (Wildman–Crippen MR) is 238 cm³/mol. The number of nitrogens with zero attached hydrogens (tertiary/aromatic N) is 6. The highest BCUT2D eigenvalue weighted by Gasteiger charge is 2.24. The molecule has 0 N–H and O–H groups in total. The van der Waals surface area contributed by atoms with Gasteiger partial charge in [0.2, 0.25) is 0 Å². The highest BCUT2D eigenvalue weighted by molar-refractivity contribution is 7.20. The summed E-state index contributed by atoms with van der Waals surface area (Å²) in [7, 11) is 0. The average molecular weight is 767 g/mol. The Morgan fingerprint density at radius 3 is 2.12 bits per heavy atom. The summed E-state index contributed by atoms with van der Waals surface area (Å²) in [6, 6.07) is 49.8. The Labute approximate surface area is 337 Å². The second-order valence-electron chi connectivity index (χ2n) is 14.3. The van der Waals surface area contributed by atoms with Crippen LogP contribution in [0.5, 0.6) is 0 Å². The van der Waals surface area contributed by atoms with E-state index in [1.807, 2.05) is 60.7 Å². The van der Waals surface area contributed by atoms with E-state index >= 15 is 0 Å². The van der Waals surface area contributed by atoms with Crippen LogP contribution in [0.4, 0.5) is 0 Å². The van der Waals surface area contributed by atoms with Crippen molar-refractivity contribution >= 4 is 71.4 Å². The van der Waals surface area contributed by atoms with Crippen LogP contribution >= 0.6 is 11.3 Å². The Kier molecular flexibility index (Phi) is 8.04. The van der Waals surface area contributed by atoms with Gasteiger partial charge in [0.05, 0.1) is 11.0 Å². The molecule has 0 aliphatic carbocycles. The van der Waals surface area contributed by atoms with Crippen molar-refractivity contribution < 1.29 is 4.42 Å². The van der Waals surface area contributed by atoms with E-state index in [-0.39, 0.29) is 0 Å². The van der Waals surface area contributed by atoms with E-state index < -0.39 is 0 Å². The molecule has 0 radical (unpaired) electrons. The quantitative estimate of drug-likeness (QED) is 0.161. The summed E-state index contributed by atoms with van der Waals surface area (Å²) in [5.74, 6) is 2.09. The molecule has 8 heteroatoms. The van der Waals surface area contributed by atoms with Crippen molar-refractivity contribution in [3.63, 3.8) is 0 Å². The van der Waals surface area contributed by atoms with Crippen LogP contribution in [0, 0.1) is 6.92 Å². The number of fused-ring (bicyclic) bond motifs is 7. The zero-order valence-electron chi connectivity index (χ0n) is 31.7. The van der Waals surface area contributed by atoms with E-state index in [1.165, 1.54) is 15.8 Å². The lowest BCUT2D eigenvalue weighted by atomic mass is 10.1. The van der Waals surface area contributed by atoms with Gasteiger partial charge < -0.3 is 8.98 Å². The number of aryl methyl sites for hydroxylation is 1. The van der Waals surface area contributed by atoms with Crippen LogP contribution in [0.2, 0.25) is 0 Å². The number of thiophene rings is 1. The maximum absolute atomic E-state index is 6.59. The molecule has 0 aliphatic heterocycles. The maximum Gasteiger partial charge on any atom is 0.186 e. The molecule has 5 heterocycles. The Morgan fingerprint density at radius 2 is 1.28 bits per heavy atom. The number of para-hydroxylation sites is 3. The number of furan rings is 1. The molecule has 6 aromatic carbocycles. The van der Waals surface area contributed by atoms with Crippen LogP contribution in [0.25, 0.3) is 111 Å². The van der Waals surface area contributed by atoms with Crippen LogP contribution in [0.1, 0.15) is 23.8 Å². The first-order valence-corrected chi connectivity index (χ1v) is 20.2. The second-order valence-corrected chi connectivity index (χ2v) is 15.4. The number of aromatic nitrogens is 6. The summed E-state index contributed by atoms with van der Waals surface area (Å²) in [5, 5.41) is 4.35. The second kappa shape index (κ2) is 13.7. The van der Waals surface area contributed by atoms with Crippen LogP contribution in [0.15, 0.2) is 156 Å². The van der Waals surface area contributed by atoms with E-state index in [2.05, 4.69) is 115 Å². The number of rotatable bonds is 7. The van der Waals surface area contributed by atoms with Crippen molar-refractivity contribution in [3.05, 3.63) is 162 Å². The first kappa shape index (κ1) is 34.0. The molecule has 7 nitrogen and oxygen atoms in total. The normalized spacial score (nSPS) is 12.0. The van der Waals surface area contributed by atoms with Gasteiger partial charge in [0.25, 0.3) is 0 Å². The van der Waals surface area contributed by atoms with Crippen molar-refractivity contribution in [2.24, 2.45) is 0 Å². The van der Waals surface area contributed by atoms with Crippen molar-refractivity contribution in [2.75, 3.05) is 0 Å². The molecule has 0 spiro atoms. The third-order valence-corrected chi connectivity index (χ3v) is 12.1. The summed E-state index contributed by atoms with van der Waals surface area (Å²) in [6.07, 6.45) is 5.39. The number of allylic oxidation sites excluding steroid dienone is 1. The molecule has 0 unspecified atom stereocenters. The van der Waals surface area contributed by atoms with Gasteiger partial charge in [0.1, 0.15) is 11.1 Å². The SMILES string of the molecule is CC/C=C\c1sc2c(-c3nc(-c4ccccc4)nc(-c4nc(-c5ccc6c(c5)c5ccccc5n6-c5ccccc5)nc5c4oc4ccccc45)n3)cccc2c1C. The Balaban J connectivity index is 1.17. The summed E-state index contributed by atoms with van der Waals surface area (Å²) >= 11 is 1.76. The fraction of sp³-hybridized carbons (Fsp3) is 0.0600. The Hall–Kier alpha value is -7.29. The van der Waals surface area contributed by atoms with Gasteiger partial charge in [-0.05, 0) is 85.0 Å². The topological polar surface area (TPSA) is 82.5 Å². The lowest BCUT2D eigenvalue weighted by Crippen LogP contribution is -2.03. The van der Waals surface area contributed by atoms with Crippen LogP contribution in [-0.2, 0) is 0 Å². The molecule has 276 valence electrons. The highest BCUT2D eigenvalue weighted by Crippen LogP contribution is 2.41. The number of benzene rings is 6. The van der Waals surface area contributed by atoms with Gasteiger partial charge in [-0.25, -0.2) is 24.9 Å². The molecule has 0 fully saturated rings. The zero-order chi connectivity index (χ0) is 38.7. The summed E-state index contributed by atoms with van der Waals surface area (Å²) in [5.41, 5.74) is 9.74.